The molecule has 5 heteroatoms. The maximum Gasteiger partial charge on any atom is 0.253 e. The van der Waals surface area contributed by atoms with E-state index in [9.17, 15) is 4.79 Å². The lowest BCUT2D eigenvalue weighted by Crippen LogP contribution is -2.28. The van der Waals surface area contributed by atoms with Gasteiger partial charge in [0, 0.05) is 17.6 Å². The summed E-state index contributed by atoms with van der Waals surface area (Å²) in [4.78, 5) is 17.2. The molecule has 0 aliphatic carbocycles. The van der Waals surface area contributed by atoms with Crippen LogP contribution in [0.15, 0.2) is 48.8 Å². The van der Waals surface area contributed by atoms with Crippen LogP contribution in [0, 0.1) is 0 Å². The first kappa shape index (κ1) is 17.1. The maximum atomic E-state index is 12.7. The van der Waals surface area contributed by atoms with Gasteiger partial charge in [-0.05, 0) is 31.9 Å². The van der Waals surface area contributed by atoms with Gasteiger partial charge in [0.15, 0.2) is 5.65 Å². The molecule has 1 atom stereocenters. The lowest BCUT2D eigenvalue weighted by Gasteiger charge is -2.18. The van der Waals surface area contributed by atoms with E-state index in [-0.39, 0.29) is 18.0 Å². The normalized spacial score (nSPS) is 12.5. The van der Waals surface area contributed by atoms with Crippen molar-refractivity contribution in [3.8, 4) is 0 Å². The molecule has 130 valence electrons. The Morgan fingerprint density at radius 3 is 2.64 bits per heavy atom. The molecule has 1 N–H and O–H groups in total. The van der Waals surface area contributed by atoms with E-state index in [1.165, 1.54) is 0 Å². The minimum Gasteiger partial charge on any atom is -0.345 e. The number of nitrogens with zero attached hydrogens (tertiary/aromatic N) is 3. The zero-order chi connectivity index (χ0) is 17.8. The molecule has 0 bridgehead atoms. The van der Waals surface area contributed by atoms with Crippen molar-refractivity contribution in [1.29, 1.82) is 0 Å². The fourth-order valence-corrected chi connectivity index (χ4v) is 2.98. The second-order valence-corrected chi connectivity index (χ2v) is 6.55. The number of aromatic nitrogens is 3. The van der Waals surface area contributed by atoms with Gasteiger partial charge in [-0.25, -0.2) is 9.67 Å². The summed E-state index contributed by atoms with van der Waals surface area (Å²) in [6.45, 7) is 6.24. The summed E-state index contributed by atoms with van der Waals surface area (Å²) in [7, 11) is 0. The number of carbonyl (C=O) groups excluding carboxylic acids is 1. The Morgan fingerprint density at radius 2 is 1.96 bits per heavy atom. The van der Waals surface area contributed by atoms with Crippen molar-refractivity contribution < 1.29 is 4.79 Å². The molecule has 0 saturated heterocycles. The summed E-state index contributed by atoms with van der Waals surface area (Å²) >= 11 is 0. The predicted molar refractivity (Wildman–Crippen MR) is 99.5 cm³/mol. The van der Waals surface area contributed by atoms with Gasteiger partial charge in [-0.15, -0.1) is 0 Å². The average Bonchev–Trinajstić information content (AvgIpc) is 3.05. The van der Waals surface area contributed by atoms with E-state index in [1.54, 1.807) is 12.4 Å². The fraction of sp³-hybridized carbons (Fsp3) is 0.350. The molecule has 2 heterocycles. The molecule has 3 rings (SSSR count). The first-order valence-corrected chi connectivity index (χ1v) is 8.79. The first-order chi connectivity index (χ1) is 12.1. The van der Waals surface area contributed by atoms with Crippen LogP contribution < -0.4 is 5.32 Å². The monoisotopic (exact) mass is 336 g/mol. The van der Waals surface area contributed by atoms with E-state index in [1.807, 2.05) is 28.9 Å². The molecule has 5 nitrogen and oxygen atoms in total. The molecular formula is C20H24N4O. The summed E-state index contributed by atoms with van der Waals surface area (Å²) in [5.41, 5.74) is 2.49. The SMILES string of the molecule is CCC[C@@H](NC(=O)c1cnc2c(cnn2C(C)C)c1)c1ccccc1. The summed E-state index contributed by atoms with van der Waals surface area (Å²) in [5, 5.41) is 8.38. The maximum absolute atomic E-state index is 12.7. The topological polar surface area (TPSA) is 59.8 Å². The third-order valence-electron chi connectivity index (χ3n) is 4.27. The standard InChI is InChI=1S/C20H24N4O/c1-4-8-18(15-9-6-5-7-10-15)23-20(25)17-11-16-13-22-24(14(2)3)19(16)21-12-17/h5-7,9-14,18H,4,8H2,1-3H3,(H,23,25)/t18-/m1/s1. The summed E-state index contributed by atoms with van der Waals surface area (Å²) in [6.07, 6.45) is 5.29. The van der Waals surface area contributed by atoms with Crippen LogP contribution in [0.4, 0.5) is 0 Å². The zero-order valence-electron chi connectivity index (χ0n) is 14.9. The van der Waals surface area contributed by atoms with Gasteiger partial charge in [0.05, 0.1) is 17.8 Å². The highest BCUT2D eigenvalue weighted by molar-refractivity contribution is 5.97. The second kappa shape index (κ2) is 7.47. The number of hydrogen-bond donors (Lipinski definition) is 1. The van der Waals surface area contributed by atoms with Gasteiger partial charge in [-0.2, -0.15) is 5.10 Å². The van der Waals surface area contributed by atoms with Crippen LogP contribution in [-0.4, -0.2) is 20.7 Å². The highest BCUT2D eigenvalue weighted by Gasteiger charge is 2.16. The van der Waals surface area contributed by atoms with Crippen molar-refractivity contribution in [2.45, 2.75) is 45.7 Å². The summed E-state index contributed by atoms with van der Waals surface area (Å²) in [6, 6.07) is 12.2. The summed E-state index contributed by atoms with van der Waals surface area (Å²) in [5.74, 6) is -0.103. The van der Waals surface area contributed by atoms with Crippen LogP contribution in [-0.2, 0) is 0 Å². The van der Waals surface area contributed by atoms with Gasteiger partial charge in [0.25, 0.3) is 5.91 Å². The molecule has 1 amide bonds. The second-order valence-electron chi connectivity index (χ2n) is 6.55. The van der Waals surface area contributed by atoms with E-state index >= 15 is 0 Å². The van der Waals surface area contributed by atoms with Crippen molar-refractivity contribution >= 4 is 16.9 Å². The number of benzene rings is 1. The Labute approximate surface area is 148 Å². The van der Waals surface area contributed by atoms with E-state index < -0.39 is 0 Å². The number of pyridine rings is 1. The van der Waals surface area contributed by atoms with Crippen molar-refractivity contribution in [3.05, 3.63) is 59.9 Å². The van der Waals surface area contributed by atoms with E-state index in [4.69, 9.17) is 0 Å². The number of amides is 1. The molecule has 0 saturated carbocycles. The fourth-order valence-electron chi connectivity index (χ4n) is 2.98. The van der Waals surface area contributed by atoms with Gasteiger partial charge in [-0.3, -0.25) is 4.79 Å². The van der Waals surface area contributed by atoms with E-state index in [0.717, 1.165) is 29.4 Å². The molecule has 25 heavy (non-hydrogen) atoms. The first-order valence-electron chi connectivity index (χ1n) is 8.79. The van der Waals surface area contributed by atoms with Crippen LogP contribution >= 0.6 is 0 Å². The number of rotatable bonds is 6. The van der Waals surface area contributed by atoms with Crippen molar-refractivity contribution in [3.63, 3.8) is 0 Å². The van der Waals surface area contributed by atoms with Crippen LogP contribution in [0.1, 0.15) is 61.6 Å². The predicted octanol–water partition coefficient (Wildman–Crippen LogP) is 4.28. The third kappa shape index (κ3) is 3.71. The van der Waals surface area contributed by atoms with Crippen LogP contribution in [0.25, 0.3) is 11.0 Å². The molecular weight excluding hydrogens is 312 g/mol. The quantitative estimate of drug-likeness (QED) is 0.731. The lowest BCUT2D eigenvalue weighted by molar-refractivity contribution is 0.0934. The molecule has 0 fully saturated rings. The Hall–Kier alpha value is -2.69. The molecule has 3 aromatic rings. The Morgan fingerprint density at radius 1 is 1.20 bits per heavy atom. The molecule has 2 aromatic heterocycles. The van der Waals surface area contributed by atoms with Crippen molar-refractivity contribution in [2.75, 3.05) is 0 Å². The van der Waals surface area contributed by atoms with Gasteiger partial charge < -0.3 is 5.32 Å². The summed E-state index contributed by atoms with van der Waals surface area (Å²) < 4.78 is 1.86. The van der Waals surface area contributed by atoms with Crippen LogP contribution in [0.3, 0.4) is 0 Å². The third-order valence-corrected chi connectivity index (χ3v) is 4.27. The van der Waals surface area contributed by atoms with Crippen LogP contribution in [0.5, 0.6) is 0 Å². The molecule has 0 spiro atoms. The molecule has 1 aromatic carbocycles. The van der Waals surface area contributed by atoms with Gasteiger partial charge >= 0.3 is 0 Å². The number of carbonyl (C=O) groups is 1. The van der Waals surface area contributed by atoms with Gasteiger partial charge in [0.2, 0.25) is 0 Å². The van der Waals surface area contributed by atoms with E-state index in [0.29, 0.717) is 5.56 Å². The van der Waals surface area contributed by atoms with E-state index in [2.05, 4.69) is 48.3 Å². The average molecular weight is 336 g/mol. The largest absolute Gasteiger partial charge is 0.345 e. The highest BCUT2D eigenvalue weighted by atomic mass is 16.1. The zero-order valence-corrected chi connectivity index (χ0v) is 14.9. The Balaban J connectivity index is 1.83. The van der Waals surface area contributed by atoms with Crippen molar-refractivity contribution in [2.24, 2.45) is 0 Å². The molecule has 0 aliphatic heterocycles. The minimum absolute atomic E-state index is 0.00721. The molecule has 0 aliphatic rings. The molecule has 0 unspecified atom stereocenters. The van der Waals surface area contributed by atoms with Crippen LogP contribution in [0.2, 0.25) is 0 Å². The Bertz CT molecular complexity index is 855. The number of nitrogens with one attached hydrogen (secondary N) is 1. The number of hydrogen-bond acceptors (Lipinski definition) is 3. The van der Waals surface area contributed by atoms with Crippen molar-refractivity contribution in [1.82, 2.24) is 20.1 Å². The minimum atomic E-state index is -0.103. The Kier molecular flexibility index (Phi) is 5.12. The smallest absolute Gasteiger partial charge is 0.253 e. The van der Waals surface area contributed by atoms with Gasteiger partial charge in [-0.1, -0.05) is 43.7 Å². The molecule has 0 radical (unpaired) electrons. The van der Waals surface area contributed by atoms with Gasteiger partial charge in [0.1, 0.15) is 0 Å². The lowest BCUT2D eigenvalue weighted by atomic mass is 10.0. The highest BCUT2D eigenvalue weighted by Crippen LogP contribution is 2.20. The number of fused-ring (bicyclic) bond motifs is 1.